The van der Waals surface area contributed by atoms with Crippen molar-refractivity contribution in [3.63, 3.8) is 0 Å². The van der Waals surface area contributed by atoms with Gasteiger partial charge in [-0.1, -0.05) is 13.3 Å². The average molecular weight is 267 g/mol. The van der Waals surface area contributed by atoms with E-state index in [9.17, 15) is 14.9 Å². The summed E-state index contributed by atoms with van der Waals surface area (Å²) in [5.41, 5.74) is 5.83. The molecule has 2 rings (SSSR count). The third-order valence-electron chi connectivity index (χ3n) is 3.21. The zero-order chi connectivity index (χ0) is 14.0. The second-order valence-corrected chi connectivity index (χ2v) is 4.71. The molecule has 8 heteroatoms. The van der Waals surface area contributed by atoms with Crippen LogP contribution in [0.15, 0.2) is 0 Å². The number of aromatic amines is 1. The molecule has 1 atom stereocenters. The number of hydrogen-bond donors (Lipinski definition) is 2. The van der Waals surface area contributed by atoms with Crippen molar-refractivity contribution in [3.8, 4) is 0 Å². The van der Waals surface area contributed by atoms with E-state index in [4.69, 9.17) is 5.73 Å². The number of nitro groups is 1. The summed E-state index contributed by atoms with van der Waals surface area (Å²) in [6, 6.07) is -0.0583. The van der Waals surface area contributed by atoms with Gasteiger partial charge in [-0.05, 0) is 12.8 Å². The Labute approximate surface area is 110 Å². The molecule has 104 valence electrons. The highest BCUT2D eigenvalue weighted by Gasteiger charge is 2.34. The molecule has 2 heterocycles. The summed E-state index contributed by atoms with van der Waals surface area (Å²) in [5.74, 6) is -0.418. The maximum Gasteiger partial charge on any atom is 0.322 e. The lowest BCUT2D eigenvalue weighted by Gasteiger charge is -2.13. The Morgan fingerprint density at radius 3 is 2.95 bits per heavy atom. The summed E-state index contributed by atoms with van der Waals surface area (Å²) in [6.07, 6.45) is 1.95. The van der Waals surface area contributed by atoms with Gasteiger partial charge in [-0.3, -0.25) is 20.0 Å². The van der Waals surface area contributed by atoms with Crippen LogP contribution in [0.25, 0.3) is 0 Å². The van der Waals surface area contributed by atoms with Crippen molar-refractivity contribution in [2.45, 2.75) is 32.2 Å². The van der Waals surface area contributed by atoms with Crippen molar-refractivity contribution in [2.75, 3.05) is 13.1 Å². The van der Waals surface area contributed by atoms with E-state index in [1.807, 2.05) is 6.92 Å². The second-order valence-electron chi connectivity index (χ2n) is 4.71. The van der Waals surface area contributed by atoms with Gasteiger partial charge in [0.2, 0.25) is 5.69 Å². The summed E-state index contributed by atoms with van der Waals surface area (Å²) < 4.78 is 0. The fraction of sp³-hybridized carbons (Fsp3) is 0.636. The number of aromatic nitrogens is 2. The predicted octanol–water partition coefficient (Wildman–Crippen LogP) is 0.444. The van der Waals surface area contributed by atoms with Gasteiger partial charge < -0.3 is 10.6 Å². The molecule has 1 fully saturated rings. The number of aryl methyl sites for hydroxylation is 1. The molecule has 19 heavy (non-hydrogen) atoms. The monoisotopic (exact) mass is 267 g/mol. The van der Waals surface area contributed by atoms with E-state index in [1.165, 1.54) is 4.90 Å². The highest BCUT2D eigenvalue weighted by atomic mass is 16.6. The molecule has 1 aliphatic rings. The van der Waals surface area contributed by atoms with Crippen LogP contribution in [0.4, 0.5) is 5.69 Å². The second kappa shape index (κ2) is 5.35. The first kappa shape index (κ1) is 13.5. The Balaban J connectivity index is 2.29. The molecule has 0 spiro atoms. The van der Waals surface area contributed by atoms with E-state index in [-0.39, 0.29) is 17.4 Å². The minimum atomic E-state index is -0.544. The van der Waals surface area contributed by atoms with Crippen molar-refractivity contribution in [3.05, 3.63) is 21.5 Å². The summed E-state index contributed by atoms with van der Waals surface area (Å²) in [7, 11) is 0. The van der Waals surface area contributed by atoms with Gasteiger partial charge in [-0.25, -0.2) is 0 Å². The Kier molecular flexibility index (Phi) is 3.79. The summed E-state index contributed by atoms with van der Waals surface area (Å²) >= 11 is 0. The summed E-state index contributed by atoms with van der Waals surface area (Å²) in [5, 5.41) is 17.5. The van der Waals surface area contributed by atoms with Crippen LogP contribution in [-0.4, -0.2) is 45.1 Å². The predicted molar refractivity (Wildman–Crippen MR) is 67.7 cm³/mol. The van der Waals surface area contributed by atoms with Crippen LogP contribution in [0.3, 0.4) is 0 Å². The molecular weight excluding hydrogens is 250 g/mol. The molecule has 0 unspecified atom stereocenters. The molecule has 3 N–H and O–H groups in total. The summed E-state index contributed by atoms with van der Waals surface area (Å²) in [4.78, 5) is 24.3. The van der Waals surface area contributed by atoms with Crippen molar-refractivity contribution in [2.24, 2.45) is 5.73 Å². The normalized spacial score (nSPS) is 18.8. The molecule has 1 aliphatic heterocycles. The lowest BCUT2D eigenvalue weighted by molar-refractivity contribution is -0.385. The van der Waals surface area contributed by atoms with Gasteiger partial charge in [0.25, 0.3) is 5.91 Å². The Hall–Kier alpha value is -1.96. The van der Waals surface area contributed by atoms with E-state index in [0.29, 0.717) is 31.6 Å². The van der Waals surface area contributed by atoms with E-state index in [0.717, 1.165) is 6.42 Å². The van der Waals surface area contributed by atoms with E-state index < -0.39 is 10.8 Å². The van der Waals surface area contributed by atoms with Crippen molar-refractivity contribution in [1.29, 1.82) is 0 Å². The lowest BCUT2D eigenvalue weighted by atomic mass is 10.2. The smallest absolute Gasteiger partial charge is 0.322 e. The fourth-order valence-corrected chi connectivity index (χ4v) is 2.26. The molecule has 0 saturated carbocycles. The van der Waals surface area contributed by atoms with Crippen LogP contribution in [0.2, 0.25) is 0 Å². The third-order valence-corrected chi connectivity index (χ3v) is 3.21. The Morgan fingerprint density at radius 1 is 1.68 bits per heavy atom. The highest BCUT2D eigenvalue weighted by Crippen LogP contribution is 2.24. The van der Waals surface area contributed by atoms with Crippen LogP contribution in [0.5, 0.6) is 0 Å². The lowest BCUT2D eigenvalue weighted by Crippen LogP contribution is -2.32. The number of likely N-dealkylation sites (tertiary alicyclic amines) is 1. The molecule has 1 saturated heterocycles. The van der Waals surface area contributed by atoms with Gasteiger partial charge in [0, 0.05) is 19.1 Å². The van der Waals surface area contributed by atoms with Gasteiger partial charge >= 0.3 is 5.69 Å². The molecule has 0 aromatic carbocycles. The third kappa shape index (κ3) is 2.58. The quantitative estimate of drug-likeness (QED) is 0.606. The van der Waals surface area contributed by atoms with Crippen molar-refractivity contribution < 1.29 is 9.72 Å². The zero-order valence-corrected chi connectivity index (χ0v) is 10.8. The van der Waals surface area contributed by atoms with Gasteiger partial charge in [0.05, 0.1) is 4.92 Å². The number of hydrogen-bond acceptors (Lipinski definition) is 5. The maximum absolute atomic E-state index is 12.2. The number of carbonyl (C=O) groups is 1. The molecule has 0 bridgehead atoms. The first-order valence-electron chi connectivity index (χ1n) is 6.31. The first-order chi connectivity index (χ1) is 9.04. The molecule has 1 amide bonds. The van der Waals surface area contributed by atoms with Gasteiger partial charge in [0.15, 0.2) is 0 Å². The molecule has 0 aliphatic carbocycles. The van der Waals surface area contributed by atoms with Gasteiger partial charge in [-0.2, -0.15) is 5.10 Å². The Bertz CT molecular complexity index is 499. The number of rotatable bonds is 4. The van der Waals surface area contributed by atoms with Crippen LogP contribution >= 0.6 is 0 Å². The van der Waals surface area contributed by atoms with E-state index >= 15 is 0 Å². The Morgan fingerprint density at radius 2 is 2.42 bits per heavy atom. The zero-order valence-electron chi connectivity index (χ0n) is 10.8. The van der Waals surface area contributed by atoms with Crippen LogP contribution < -0.4 is 5.73 Å². The number of H-pyrrole nitrogens is 1. The highest BCUT2D eigenvalue weighted by molar-refractivity contribution is 5.96. The van der Waals surface area contributed by atoms with E-state index in [2.05, 4.69) is 10.2 Å². The van der Waals surface area contributed by atoms with E-state index in [1.54, 1.807) is 0 Å². The molecule has 1 aromatic rings. The maximum atomic E-state index is 12.2. The fourth-order valence-electron chi connectivity index (χ4n) is 2.26. The van der Waals surface area contributed by atoms with Crippen LogP contribution in [-0.2, 0) is 6.42 Å². The molecular formula is C11H17N5O3. The molecule has 8 nitrogen and oxygen atoms in total. The number of carbonyl (C=O) groups excluding carboxylic acids is 1. The number of nitrogens with two attached hydrogens (primary N) is 1. The number of amides is 1. The first-order valence-corrected chi connectivity index (χ1v) is 6.31. The van der Waals surface area contributed by atoms with Gasteiger partial charge in [0.1, 0.15) is 5.69 Å². The minimum Gasteiger partial charge on any atom is -0.335 e. The number of nitrogens with zero attached hydrogens (tertiary/aromatic N) is 3. The topological polar surface area (TPSA) is 118 Å². The minimum absolute atomic E-state index is 0.0583. The SMILES string of the molecule is CCCc1[nH]nc(C(=O)N2CC[C@@H](N)C2)c1[N+](=O)[O-]. The van der Waals surface area contributed by atoms with Gasteiger partial charge in [-0.15, -0.1) is 0 Å². The van der Waals surface area contributed by atoms with Crippen LogP contribution in [0.1, 0.15) is 35.9 Å². The average Bonchev–Trinajstić information content (AvgIpc) is 2.95. The van der Waals surface area contributed by atoms with Crippen molar-refractivity contribution in [1.82, 2.24) is 15.1 Å². The van der Waals surface area contributed by atoms with Crippen molar-refractivity contribution >= 4 is 11.6 Å². The molecule has 0 radical (unpaired) electrons. The van der Waals surface area contributed by atoms with Crippen LogP contribution in [0, 0.1) is 10.1 Å². The largest absolute Gasteiger partial charge is 0.335 e. The molecule has 1 aromatic heterocycles. The number of nitrogens with one attached hydrogen (secondary N) is 1. The summed E-state index contributed by atoms with van der Waals surface area (Å²) in [6.45, 7) is 2.85. The standard InChI is InChI=1S/C11H17N5O3/c1-2-3-8-10(16(18)19)9(14-13-8)11(17)15-5-4-7(12)6-15/h7H,2-6,12H2,1H3,(H,13,14)/t7-/m1/s1.